The van der Waals surface area contributed by atoms with Crippen LogP contribution in [0.25, 0.3) is 10.1 Å². The third-order valence-corrected chi connectivity index (χ3v) is 5.75. The molecule has 1 aromatic heterocycles. The molecule has 8 heteroatoms. The van der Waals surface area contributed by atoms with E-state index in [2.05, 4.69) is 5.32 Å². The van der Waals surface area contributed by atoms with Crippen LogP contribution in [0.1, 0.15) is 46.7 Å². The minimum atomic E-state index is -0.341. The third kappa shape index (κ3) is 5.85. The van der Waals surface area contributed by atoms with Crippen LogP contribution >= 0.6 is 11.3 Å². The molecule has 0 saturated carbocycles. The molecule has 3 aromatic rings. The van der Waals surface area contributed by atoms with Gasteiger partial charge in [0.15, 0.2) is 17.3 Å². The molecule has 0 atom stereocenters. The van der Waals surface area contributed by atoms with Gasteiger partial charge < -0.3 is 19.5 Å². The summed E-state index contributed by atoms with van der Waals surface area (Å²) in [7, 11) is 1.51. The summed E-state index contributed by atoms with van der Waals surface area (Å²) in [6.07, 6.45) is 0.792. The van der Waals surface area contributed by atoms with Gasteiger partial charge in [-0.2, -0.15) is 0 Å². The highest BCUT2D eigenvalue weighted by Gasteiger charge is 2.12. The Hall–Kier alpha value is -3.39. The van der Waals surface area contributed by atoms with E-state index in [9.17, 15) is 14.4 Å². The zero-order chi connectivity index (χ0) is 23.1. The minimum Gasteiger partial charge on any atom is -0.493 e. The third-order valence-electron chi connectivity index (χ3n) is 4.65. The summed E-state index contributed by atoms with van der Waals surface area (Å²) >= 11 is 1.36. The Labute approximate surface area is 190 Å². The number of hydrogen-bond donors (Lipinski definition) is 1. The number of amides is 1. The number of methoxy groups -OCH3 is 1. The number of hydrogen-bond acceptors (Lipinski definition) is 7. The van der Waals surface area contributed by atoms with Gasteiger partial charge in [-0.25, -0.2) is 4.79 Å². The first-order valence-electron chi connectivity index (χ1n) is 10.2. The van der Waals surface area contributed by atoms with E-state index in [1.165, 1.54) is 25.4 Å². The lowest BCUT2D eigenvalue weighted by Crippen LogP contribution is -2.12. The quantitative estimate of drug-likeness (QED) is 0.260. The van der Waals surface area contributed by atoms with Crippen LogP contribution in [0.4, 0.5) is 5.69 Å². The largest absolute Gasteiger partial charge is 0.493 e. The number of benzene rings is 2. The van der Waals surface area contributed by atoms with Crippen LogP contribution in [0.5, 0.6) is 11.5 Å². The number of esters is 1. The molecule has 3 rings (SSSR count). The number of carbonyl (C=O) groups is 3. The molecule has 0 aliphatic rings. The minimum absolute atomic E-state index is 0.0516. The molecule has 0 unspecified atom stereocenters. The summed E-state index contributed by atoms with van der Waals surface area (Å²) < 4.78 is 17.0. The molecule has 7 nitrogen and oxygen atoms in total. The summed E-state index contributed by atoms with van der Waals surface area (Å²) in [5.41, 5.74) is 1.21. The Morgan fingerprint density at radius 2 is 1.84 bits per heavy atom. The predicted molar refractivity (Wildman–Crippen MR) is 124 cm³/mol. The molecule has 168 valence electrons. The highest BCUT2D eigenvalue weighted by atomic mass is 32.1. The van der Waals surface area contributed by atoms with Crippen molar-refractivity contribution < 1.29 is 28.6 Å². The highest BCUT2D eigenvalue weighted by molar-refractivity contribution is 7.20. The molecule has 0 spiro atoms. The van der Waals surface area contributed by atoms with Gasteiger partial charge >= 0.3 is 5.97 Å². The number of carbonyl (C=O) groups excluding carboxylic acids is 3. The second-order valence-electron chi connectivity index (χ2n) is 7.01. The first-order chi connectivity index (χ1) is 15.4. The van der Waals surface area contributed by atoms with E-state index in [4.69, 9.17) is 14.2 Å². The standard InChI is InChI=1S/C24H25NO6S/c1-4-30-24(28)22-14-17-12-18(8-10-21(17)32-22)25-23(27)6-5-11-31-19-9-7-16(15(2)26)13-20(19)29-3/h7-10,12-14H,4-6,11H2,1-3H3,(H,25,27). The van der Waals surface area contributed by atoms with Crippen LogP contribution < -0.4 is 14.8 Å². The Bertz CT molecular complexity index is 1140. The van der Waals surface area contributed by atoms with Crippen molar-refractivity contribution in [2.75, 3.05) is 25.6 Å². The SMILES string of the molecule is CCOC(=O)c1cc2cc(NC(=O)CCCOc3ccc(C(C)=O)cc3OC)ccc2s1. The number of Topliss-reactive ketones (excluding diaryl/α,β-unsaturated/α-hetero) is 1. The van der Waals surface area contributed by atoms with Crippen LogP contribution in [0.3, 0.4) is 0 Å². The van der Waals surface area contributed by atoms with Gasteiger partial charge in [0.05, 0.1) is 20.3 Å². The lowest BCUT2D eigenvalue weighted by Gasteiger charge is -2.11. The summed E-state index contributed by atoms with van der Waals surface area (Å²) in [5, 5.41) is 3.75. The molecule has 0 radical (unpaired) electrons. The van der Waals surface area contributed by atoms with E-state index in [0.29, 0.717) is 47.3 Å². The molecule has 1 amide bonds. The summed E-state index contributed by atoms with van der Waals surface area (Å²) in [5.74, 6) is 0.482. The summed E-state index contributed by atoms with van der Waals surface area (Å²) in [6.45, 7) is 3.91. The monoisotopic (exact) mass is 455 g/mol. The fourth-order valence-electron chi connectivity index (χ4n) is 3.07. The molecule has 0 fully saturated rings. The number of rotatable bonds is 10. The molecule has 32 heavy (non-hydrogen) atoms. The van der Waals surface area contributed by atoms with Gasteiger partial charge in [-0.3, -0.25) is 9.59 Å². The fraction of sp³-hybridized carbons (Fsp3) is 0.292. The predicted octanol–water partition coefficient (Wildman–Crippen LogP) is 5.09. The fourth-order valence-corrected chi connectivity index (χ4v) is 4.00. The number of ketones is 1. The van der Waals surface area contributed by atoms with Gasteiger partial charge in [-0.1, -0.05) is 0 Å². The lowest BCUT2D eigenvalue weighted by molar-refractivity contribution is -0.116. The Morgan fingerprint density at radius 3 is 2.56 bits per heavy atom. The molecule has 1 N–H and O–H groups in total. The molecule has 0 aliphatic heterocycles. The summed E-state index contributed by atoms with van der Waals surface area (Å²) in [4.78, 5) is 36.2. The van der Waals surface area contributed by atoms with Gasteiger partial charge in [-0.05, 0) is 68.1 Å². The van der Waals surface area contributed by atoms with Crippen molar-refractivity contribution in [3.63, 3.8) is 0 Å². The zero-order valence-electron chi connectivity index (χ0n) is 18.2. The second-order valence-corrected chi connectivity index (χ2v) is 8.09. The van der Waals surface area contributed by atoms with Crippen molar-refractivity contribution in [3.05, 3.63) is 52.9 Å². The van der Waals surface area contributed by atoms with Gasteiger partial charge in [0.2, 0.25) is 5.91 Å². The van der Waals surface area contributed by atoms with E-state index in [1.54, 1.807) is 31.2 Å². The molecular weight excluding hydrogens is 430 g/mol. The van der Waals surface area contributed by atoms with E-state index in [1.807, 2.05) is 18.2 Å². The van der Waals surface area contributed by atoms with Gasteiger partial charge in [-0.15, -0.1) is 11.3 Å². The Kier molecular flexibility index (Phi) is 7.83. The molecule has 1 heterocycles. The first-order valence-corrected chi connectivity index (χ1v) is 11.0. The van der Waals surface area contributed by atoms with E-state index in [-0.39, 0.29) is 24.1 Å². The second kappa shape index (κ2) is 10.8. The first kappa shape index (κ1) is 23.3. The highest BCUT2D eigenvalue weighted by Crippen LogP contribution is 2.30. The molecule has 2 aromatic carbocycles. The van der Waals surface area contributed by atoms with Crippen LogP contribution in [0.15, 0.2) is 42.5 Å². The maximum atomic E-state index is 12.3. The molecule has 0 saturated heterocycles. The van der Waals surface area contributed by atoms with E-state index in [0.717, 1.165) is 10.1 Å². The number of ether oxygens (including phenoxy) is 3. The number of fused-ring (bicyclic) bond motifs is 1. The average molecular weight is 456 g/mol. The lowest BCUT2D eigenvalue weighted by atomic mass is 10.1. The van der Waals surface area contributed by atoms with Crippen LogP contribution in [-0.4, -0.2) is 38.0 Å². The molecule has 0 aliphatic carbocycles. The number of nitrogens with one attached hydrogen (secondary N) is 1. The average Bonchev–Trinajstić information content (AvgIpc) is 3.20. The topological polar surface area (TPSA) is 90.9 Å². The van der Waals surface area contributed by atoms with Crippen molar-refractivity contribution in [1.82, 2.24) is 0 Å². The van der Waals surface area contributed by atoms with E-state index >= 15 is 0 Å². The van der Waals surface area contributed by atoms with Crippen molar-refractivity contribution in [3.8, 4) is 11.5 Å². The summed E-state index contributed by atoms with van der Waals surface area (Å²) in [6, 6.07) is 12.3. The maximum Gasteiger partial charge on any atom is 0.348 e. The van der Waals surface area contributed by atoms with Gasteiger partial charge in [0.1, 0.15) is 4.88 Å². The number of thiophene rings is 1. The van der Waals surface area contributed by atoms with Crippen LogP contribution in [0.2, 0.25) is 0 Å². The van der Waals surface area contributed by atoms with Gasteiger partial charge in [0, 0.05) is 22.4 Å². The van der Waals surface area contributed by atoms with Crippen molar-refractivity contribution >= 4 is 44.8 Å². The van der Waals surface area contributed by atoms with Crippen LogP contribution in [0, 0.1) is 0 Å². The van der Waals surface area contributed by atoms with Crippen molar-refractivity contribution in [1.29, 1.82) is 0 Å². The normalized spacial score (nSPS) is 10.6. The van der Waals surface area contributed by atoms with Crippen molar-refractivity contribution in [2.24, 2.45) is 0 Å². The Morgan fingerprint density at radius 1 is 1.03 bits per heavy atom. The molecule has 0 bridgehead atoms. The molecular formula is C24H25NO6S. The zero-order valence-corrected chi connectivity index (χ0v) is 19.0. The van der Waals surface area contributed by atoms with Crippen molar-refractivity contribution in [2.45, 2.75) is 26.7 Å². The van der Waals surface area contributed by atoms with Gasteiger partial charge in [0.25, 0.3) is 0 Å². The van der Waals surface area contributed by atoms with E-state index < -0.39 is 0 Å². The maximum absolute atomic E-state index is 12.3. The number of anilines is 1. The van der Waals surface area contributed by atoms with Crippen LogP contribution in [-0.2, 0) is 9.53 Å². The smallest absolute Gasteiger partial charge is 0.348 e. The Balaban J connectivity index is 1.51.